The molecule has 6 heteroatoms. The van der Waals surface area contributed by atoms with Gasteiger partial charge in [0.15, 0.2) is 0 Å². The second-order valence-corrected chi connectivity index (χ2v) is 4.68. The predicted molar refractivity (Wildman–Crippen MR) is 64.1 cm³/mol. The summed E-state index contributed by atoms with van der Waals surface area (Å²) < 4.78 is 7.87. The van der Waals surface area contributed by atoms with Gasteiger partial charge in [-0.05, 0) is 12.1 Å². The quantitative estimate of drug-likeness (QED) is 0.735. The molecule has 0 unspecified atom stereocenters. The first-order valence-electron chi connectivity index (χ1n) is 6.08. The Morgan fingerprint density at radius 1 is 1.28 bits per heavy atom. The molecule has 92 valence electrons. The van der Waals surface area contributed by atoms with E-state index in [1.54, 1.807) is 6.20 Å². The summed E-state index contributed by atoms with van der Waals surface area (Å²) in [7, 11) is 0. The Balaban J connectivity index is 1.64. The molecule has 2 atom stereocenters. The summed E-state index contributed by atoms with van der Waals surface area (Å²) in [5.41, 5.74) is 1.05. The number of ether oxygens (including phenoxy) is 1. The molecule has 2 aromatic heterocycles. The van der Waals surface area contributed by atoms with Crippen molar-refractivity contribution in [3.8, 4) is 0 Å². The Bertz CT molecular complexity index is 555. The second-order valence-electron chi connectivity index (χ2n) is 4.68. The van der Waals surface area contributed by atoms with Crippen LogP contribution in [0.2, 0.25) is 0 Å². The highest BCUT2D eigenvalue weighted by Crippen LogP contribution is 2.31. The smallest absolute Gasteiger partial charge is 0.128 e. The number of fused-ring (bicyclic) bond motifs is 3. The molecule has 2 aromatic rings. The van der Waals surface area contributed by atoms with Crippen LogP contribution in [-0.2, 0) is 11.3 Å². The summed E-state index contributed by atoms with van der Waals surface area (Å²) in [4.78, 5) is 6.63. The fourth-order valence-corrected chi connectivity index (χ4v) is 2.72. The lowest BCUT2D eigenvalue weighted by molar-refractivity contribution is -0.00254. The van der Waals surface area contributed by atoms with Crippen LogP contribution in [0, 0.1) is 0 Å². The largest absolute Gasteiger partial charge is 0.368 e. The van der Waals surface area contributed by atoms with Gasteiger partial charge >= 0.3 is 0 Å². The SMILES string of the molecule is c1ccc(N2C[C@@H]3OCc4cnnn4[C@H]3C2)nc1. The molecule has 4 heterocycles. The van der Waals surface area contributed by atoms with Gasteiger partial charge in [0, 0.05) is 19.3 Å². The number of hydrogen-bond acceptors (Lipinski definition) is 5. The minimum Gasteiger partial charge on any atom is -0.368 e. The Kier molecular flexibility index (Phi) is 2.10. The van der Waals surface area contributed by atoms with Gasteiger partial charge in [0.1, 0.15) is 5.82 Å². The van der Waals surface area contributed by atoms with Gasteiger partial charge < -0.3 is 9.64 Å². The van der Waals surface area contributed by atoms with Gasteiger partial charge in [-0.25, -0.2) is 9.67 Å². The van der Waals surface area contributed by atoms with E-state index in [9.17, 15) is 0 Å². The molecule has 0 radical (unpaired) electrons. The fourth-order valence-electron chi connectivity index (χ4n) is 2.72. The maximum Gasteiger partial charge on any atom is 0.128 e. The first kappa shape index (κ1) is 10.0. The highest BCUT2D eigenvalue weighted by molar-refractivity contribution is 5.40. The van der Waals surface area contributed by atoms with Gasteiger partial charge in [0.05, 0.1) is 30.6 Å². The molecule has 6 nitrogen and oxygen atoms in total. The van der Waals surface area contributed by atoms with Crippen LogP contribution in [0.3, 0.4) is 0 Å². The van der Waals surface area contributed by atoms with Gasteiger partial charge in [-0.1, -0.05) is 11.3 Å². The molecule has 2 aliphatic heterocycles. The van der Waals surface area contributed by atoms with Crippen molar-refractivity contribution in [3.05, 3.63) is 36.3 Å². The highest BCUT2D eigenvalue weighted by atomic mass is 16.5. The number of pyridine rings is 1. The van der Waals surface area contributed by atoms with Crippen LogP contribution in [0.1, 0.15) is 11.7 Å². The van der Waals surface area contributed by atoms with Crippen molar-refractivity contribution in [2.45, 2.75) is 18.8 Å². The van der Waals surface area contributed by atoms with Crippen molar-refractivity contribution in [2.75, 3.05) is 18.0 Å². The van der Waals surface area contributed by atoms with Gasteiger partial charge in [0.2, 0.25) is 0 Å². The van der Waals surface area contributed by atoms with Crippen molar-refractivity contribution < 1.29 is 4.74 Å². The van der Waals surface area contributed by atoms with Crippen molar-refractivity contribution in [3.63, 3.8) is 0 Å². The lowest BCUT2D eigenvalue weighted by Crippen LogP contribution is -2.32. The summed E-state index contributed by atoms with van der Waals surface area (Å²) in [6, 6.07) is 6.21. The van der Waals surface area contributed by atoms with Crippen LogP contribution < -0.4 is 4.90 Å². The Morgan fingerprint density at radius 2 is 2.28 bits per heavy atom. The topological polar surface area (TPSA) is 56.1 Å². The molecule has 4 rings (SSSR count). The molecule has 0 N–H and O–H groups in total. The third-order valence-electron chi connectivity index (χ3n) is 3.62. The highest BCUT2D eigenvalue weighted by Gasteiger charge is 2.39. The van der Waals surface area contributed by atoms with Crippen LogP contribution in [0.15, 0.2) is 30.6 Å². The van der Waals surface area contributed by atoms with Gasteiger partial charge in [-0.2, -0.15) is 0 Å². The Morgan fingerprint density at radius 3 is 3.17 bits per heavy atom. The summed E-state index contributed by atoms with van der Waals surface area (Å²) >= 11 is 0. The molecule has 0 amide bonds. The van der Waals surface area contributed by atoms with Crippen molar-refractivity contribution in [1.29, 1.82) is 0 Å². The molecule has 0 aliphatic carbocycles. The third kappa shape index (κ3) is 1.42. The predicted octanol–water partition coefficient (Wildman–Crippen LogP) is 0.633. The van der Waals surface area contributed by atoms with Gasteiger partial charge in [0.25, 0.3) is 0 Å². The third-order valence-corrected chi connectivity index (χ3v) is 3.62. The van der Waals surface area contributed by atoms with Gasteiger partial charge in [-0.15, -0.1) is 5.10 Å². The van der Waals surface area contributed by atoms with E-state index in [1.165, 1.54) is 0 Å². The summed E-state index contributed by atoms with van der Waals surface area (Å²) in [6.45, 7) is 2.34. The lowest BCUT2D eigenvalue weighted by atomic mass is 10.2. The van der Waals surface area contributed by atoms with E-state index in [0.717, 1.165) is 24.6 Å². The first-order valence-corrected chi connectivity index (χ1v) is 6.08. The Hall–Kier alpha value is -1.95. The van der Waals surface area contributed by atoms with Crippen LogP contribution in [0.4, 0.5) is 5.82 Å². The molecule has 0 saturated carbocycles. The summed E-state index contributed by atoms with van der Waals surface area (Å²) in [5.74, 6) is 0.997. The minimum atomic E-state index is 0.182. The first-order chi connectivity index (χ1) is 8.92. The lowest BCUT2D eigenvalue weighted by Gasteiger charge is -2.25. The number of hydrogen-bond donors (Lipinski definition) is 0. The molecular weight excluding hydrogens is 230 g/mol. The molecule has 18 heavy (non-hydrogen) atoms. The zero-order valence-corrected chi connectivity index (χ0v) is 9.81. The molecular formula is C12H13N5O. The van der Waals surface area contributed by atoms with Crippen LogP contribution in [-0.4, -0.2) is 39.2 Å². The van der Waals surface area contributed by atoms with E-state index in [1.807, 2.05) is 29.1 Å². The average molecular weight is 243 g/mol. The van der Waals surface area contributed by atoms with Crippen molar-refractivity contribution in [1.82, 2.24) is 20.0 Å². The molecule has 0 aromatic carbocycles. The van der Waals surface area contributed by atoms with Crippen LogP contribution in [0.5, 0.6) is 0 Å². The van der Waals surface area contributed by atoms with Crippen LogP contribution >= 0.6 is 0 Å². The minimum absolute atomic E-state index is 0.182. The molecule has 0 spiro atoms. The van der Waals surface area contributed by atoms with Gasteiger partial charge in [-0.3, -0.25) is 0 Å². The number of rotatable bonds is 1. The zero-order valence-electron chi connectivity index (χ0n) is 9.81. The average Bonchev–Trinajstić information content (AvgIpc) is 3.05. The zero-order chi connectivity index (χ0) is 11.9. The molecule has 0 bridgehead atoms. The van der Waals surface area contributed by atoms with E-state index in [4.69, 9.17) is 4.74 Å². The monoisotopic (exact) mass is 243 g/mol. The second kappa shape index (κ2) is 3.78. The number of anilines is 1. The van der Waals surface area contributed by atoms with Crippen LogP contribution in [0.25, 0.3) is 0 Å². The van der Waals surface area contributed by atoms with E-state index in [-0.39, 0.29) is 12.1 Å². The maximum atomic E-state index is 5.87. The Labute approximate surface area is 104 Å². The van der Waals surface area contributed by atoms with E-state index in [0.29, 0.717) is 6.61 Å². The fraction of sp³-hybridized carbons (Fsp3) is 0.417. The number of nitrogens with zero attached hydrogens (tertiary/aromatic N) is 5. The van der Waals surface area contributed by atoms with E-state index >= 15 is 0 Å². The molecule has 1 fully saturated rings. The van der Waals surface area contributed by atoms with E-state index in [2.05, 4.69) is 20.2 Å². The van der Waals surface area contributed by atoms with Crippen molar-refractivity contribution in [2.24, 2.45) is 0 Å². The summed E-state index contributed by atoms with van der Waals surface area (Å²) in [6.07, 6.45) is 3.78. The standard InChI is InChI=1S/C12H13N5O/c1-2-4-13-12(3-1)16-6-10-11(7-16)18-8-9-5-14-15-17(9)10/h1-5,10-11H,6-8H2/t10-,11-/m0/s1. The maximum absolute atomic E-state index is 5.87. The number of aromatic nitrogens is 4. The van der Waals surface area contributed by atoms with E-state index < -0.39 is 0 Å². The normalized spacial score (nSPS) is 25.9. The summed E-state index contributed by atoms with van der Waals surface area (Å²) in [5, 5.41) is 8.13. The van der Waals surface area contributed by atoms with Crippen molar-refractivity contribution >= 4 is 5.82 Å². The molecule has 2 aliphatic rings. The molecule has 1 saturated heterocycles.